The molecule has 0 aliphatic heterocycles. The molecule has 0 fully saturated rings. The molecule has 0 spiro atoms. The van der Waals surface area contributed by atoms with Crippen LogP contribution < -0.4 is 5.32 Å². The first-order valence-corrected chi connectivity index (χ1v) is 6.99. The van der Waals surface area contributed by atoms with Crippen LogP contribution in [0.15, 0.2) is 29.5 Å². The summed E-state index contributed by atoms with van der Waals surface area (Å²) in [5.74, 6) is 0.925. The smallest absolute Gasteiger partial charge is 0.147 e. The highest BCUT2D eigenvalue weighted by atomic mass is 32.1. The minimum absolute atomic E-state index is 0.867. The van der Waals surface area contributed by atoms with Crippen LogP contribution in [0.1, 0.15) is 4.88 Å². The first-order chi connectivity index (χ1) is 8.43. The molecule has 0 saturated heterocycles. The summed E-state index contributed by atoms with van der Waals surface area (Å²) in [5, 5.41) is 5.39. The Morgan fingerprint density at radius 2 is 2.24 bits per heavy atom. The summed E-state index contributed by atoms with van der Waals surface area (Å²) in [6.45, 7) is 0.867. The topological polar surface area (TPSA) is 50.7 Å². The number of nitrogens with zero attached hydrogens (tertiary/aromatic N) is 3. The van der Waals surface area contributed by atoms with Gasteiger partial charge in [-0.3, -0.25) is 4.98 Å². The molecule has 0 aromatic carbocycles. The number of rotatable bonds is 4. The van der Waals surface area contributed by atoms with Gasteiger partial charge in [0.2, 0.25) is 0 Å². The van der Waals surface area contributed by atoms with Crippen molar-refractivity contribution in [3.8, 4) is 0 Å². The SMILES string of the molecule is c1nc(NCCc2cncs2)c2sccc2n1. The van der Waals surface area contributed by atoms with Crippen LogP contribution in [-0.2, 0) is 6.42 Å². The molecule has 0 saturated carbocycles. The molecule has 0 aliphatic rings. The highest BCUT2D eigenvalue weighted by molar-refractivity contribution is 7.17. The van der Waals surface area contributed by atoms with Crippen molar-refractivity contribution in [2.45, 2.75) is 6.42 Å². The Morgan fingerprint density at radius 1 is 1.24 bits per heavy atom. The fourth-order valence-electron chi connectivity index (χ4n) is 1.58. The molecule has 0 radical (unpaired) electrons. The summed E-state index contributed by atoms with van der Waals surface area (Å²) in [6.07, 6.45) is 4.48. The van der Waals surface area contributed by atoms with Gasteiger partial charge >= 0.3 is 0 Å². The Bertz CT molecular complexity index is 603. The minimum Gasteiger partial charge on any atom is -0.368 e. The standard InChI is InChI=1S/C11H10N4S2/c1(8-5-12-7-17-8)3-13-11-10-9(2-4-16-10)14-6-15-11/h2,4-7H,1,3H2,(H,13,14,15). The van der Waals surface area contributed by atoms with Gasteiger partial charge in [-0.25, -0.2) is 9.97 Å². The summed E-state index contributed by atoms with van der Waals surface area (Å²) in [7, 11) is 0. The molecule has 0 unspecified atom stereocenters. The second kappa shape index (κ2) is 4.77. The monoisotopic (exact) mass is 262 g/mol. The summed E-state index contributed by atoms with van der Waals surface area (Å²) < 4.78 is 1.12. The molecular weight excluding hydrogens is 252 g/mol. The van der Waals surface area contributed by atoms with Gasteiger partial charge in [0.1, 0.15) is 12.1 Å². The maximum atomic E-state index is 4.27. The van der Waals surface area contributed by atoms with E-state index in [1.54, 1.807) is 29.0 Å². The summed E-state index contributed by atoms with van der Waals surface area (Å²) in [4.78, 5) is 13.8. The van der Waals surface area contributed by atoms with Crippen LogP contribution in [0.2, 0.25) is 0 Å². The van der Waals surface area contributed by atoms with Gasteiger partial charge in [0.25, 0.3) is 0 Å². The van der Waals surface area contributed by atoms with Gasteiger partial charge in [0, 0.05) is 24.0 Å². The highest BCUT2D eigenvalue weighted by Gasteiger charge is 2.04. The van der Waals surface area contributed by atoms with E-state index in [0.717, 1.165) is 29.0 Å². The highest BCUT2D eigenvalue weighted by Crippen LogP contribution is 2.24. The van der Waals surface area contributed by atoms with Gasteiger partial charge in [-0.05, 0) is 11.4 Å². The molecule has 4 nitrogen and oxygen atoms in total. The summed E-state index contributed by atoms with van der Waals surface area (Å²) in [5.41, 5.74) is 2.86. The summed E-state index contributed by atoms with van der Waals surface area (Å²) in [6, 6.07) is 2.01. The third kappa shape index (κ3) is 2.27. The Morgan fingerprint density at radius 3 is 3.12 bits per heavy atom. The first kappa shape index (κ1) is 10.6. The normalized spacial score (nSPS) is 10.8. The third-order valence-electron chi connectivity index (χ3n) is 2.39. The molecule has 3 rings (SSSR count). The number of thiophene rings is 1. The Kier molecular flexibility index (Phi) is 2.98. The van der Waals surface area contributed by atoms with Crippen LogP contribution in [0.4, 0.5) is 5.82 Å². The van der Waals surface area contributed by atoms with Gasteiger partial charge in [0.05, 0.1) is 15.7 Å². The first-order valence-electron chi connectivity index (χ1n) is 5.23. The number of fused-ring (bicyclic) bond motifs is 1. The largest absolute Gasteiger partial charge is 0.368 e. The van der Waals surface area contributed by atoms with E-state index >= 15 is 0 Å². The zero-order chi connectivity index (χ0) is 11.5. The van der Waals surface area contributed by atoms with Crippen molar-refractivity contribution < 1.29 is 0 Å². The van der Waals surface area contributed by atoms with E-state index in [2.05, 4.69) is 20.3 Å². The Labute approximate surface area is 106 Å². The fraction of sp³-hybridized carbons (Fsp3) is 0.182. The molecule has 3 heterocycles. The van der Waals surface area contributed by atoms with Crippen molar-refractivity contribution in [2.75, 3.05) is 11.9 Å². The van der Waals surface area contributed by atoms with Gasteiger partial charge in [0.15, 0.2) is 0 Å². The van der Waals surface area contributed by atoms with Crippen molar-refractivity contribution in [3.63, 3.8) is 0 Å². The number of aromatic nitrogens is 3. The molecule has 3 aromatic heterocycles. The quantitative estimate of drug-likeness (QED) is 0.785. The fourth-order valence-corrected chi connectivity index (χ4v) is 2.99. The van der Waals surface area contributed by atoms with E-state index in [1.807, 2.05) is 23.2 Å². The Balaban J connectivity index is 1.70. The zero-order valence-corrected chi connectivity index (χ0v) is 10.6. The second-order valence-electron chi connectivity index (χ2n) is 3.50. The molecule has 3 aromatic rings. The van der Waals surface area contributed by atoms with Crippen LogP contribution >= 0.6 is 22.7 Å². The lowest BCUT2D eigenvalue weighted by molar-refractivity contribution is 1.02. The van der Waals surface area contributed by atoms with Gasteiger partial charge in [-0.1, -0.05) is 0 Å². The lowest BCUT2D eigenvalue weighted by Crippen LogP contribution is -2.05. The van der Waals surface area contributed by atoms with E-state index < -0.39 is 0 Å². The van der Waals surface area contributed by atoms with E-state index in [1.165, 1.54) is 4.88 Å². The molecule has 0 bridgehead atoms. The van der Waals surface area contributed by atoms with Crippen LogP contribution in [0.3, 0.4) is 0 Å². The average Bonchev–Trinajstić information content (AvgIpc) is 2.99. The van der Waals surface area contributed by atoms with Gasteiger partial charge in [-0.2, -0.15) is 0 Å². The van der Waals surface area contributed by atoms with Gasteiger partial charge in [-0.15, -0.1) is 22.7 Å². The van der Waals surface area contributed by atoms with Crippen molar-refractivity contribution in [2.24, 2.45) is 0 Å². The predicted molar refractivity (Wildman–Crippen MR) is 71.7 cm³/mol. The number of thiazole rings is 1. The van der Waals surface area contributed by atoms with Crippen molar-refractivity contribution in [1.82, 2.24) is 15.0 Å². The van der Waals surface area contributed by atoms with Crippen molar-refractivity contribution in [3.05, 3.63) is 34.4 Å². The lowest BCUT2D eigenvalue weighted by Gasteiger charge is -2.04. The second-order valence-corrected chi connectivity index (χ2v) is 5.39. The van der Waals surface area contributed by atoms with Crippen LogP contribution in [0.5, 0.6) is 0 Å². The maximum Gasteiger partial charge on any atom is 0.147 e. The molecule has 6 heteroatoms. The van der Waals surface area contributed by atoms with Crippen molar-refractivity contribution in [1.29, 1.82) is 0 Å². The van der Waals surface area contributed by atoms with E-state index in [9.17, 15) is 0 Å². The summed E-state index contributed by atoms with van der Waals surface area (Å²) >= 11 is 3.35. The van der Waals surface area contributed by atoms with Crippen molar-refractivity contribution >= 4 is 38.7 Å². The van der Waals surface area contributed by atoms with E-state index in [-0.39, 0.29) is 0 Å². The number of nitrogens with one attached hydrogen (secondary N) is 1. The lowest BCUT2D eigenvalue weighted by atomic mass is 10.3. The molecule has 0 amide bonds. The van der Waals surface area contributed by atoms with E-state index in [0.29, 0.717) is 0 Å². The van der Waals surface area contributed by atoms with Crippen LogP contribution in [-0.4, -0.2) is 21.5 Å². The molecule has 86 valence electrons. The molecule has 1 N–H and O–H groups in total. The van der Waals surface area contributed by atoms with Gasteiger partial charge < -0.3 is 5.32 Å². The molecule has 17 heavy (non-hydrogen) atoms. The number of hydrogen-bond acceptors (Lipinski definition) is 6. The predicted octanol–water partition coefficient (Wildman–Crippen LogP) is 2.80. The minimum atomic E-state index is 0.867. The average molecular weight is 262 g/mol. The number of anilines is 1. The molecule has 0 aliphatic carbocycles. The third-order valence-corrected chi connectivity index (χ3v) is 4.14. The zero-order valence-electron chi connectivity index (χ0n) is 8.96. The Hall–Kier alpha value is -1.53. The van der Waals surface area contributed by atoms with Crippen LogP contribution in [0, 0.1) is 0 Å². The van der Waals surface area contributed by atoms with Crippen LogP contribution in [0.25, 0.3) is 10.2 Å². The molecule has 0 atom stereocenters. The number of hydrogen-bond donors (Lipinski definition) is 1. The molecular formula is C11H10N4S2. The van der Waals surface area contributed by atoms with E-state index in [4.69, 9.17) is 0 Å². The maximum absolute atomic E-state index is 4.27.